The van der Waals surface area contributed by atoms with Gasteiger partial charge < -0.3 is 10.6 Å². The minimum atomic E-state index is -0.359. The average molecular weight is 547 g/mol. The van der Waals surface area contributed by atoms with E-state index >= 15 is 0 Å². The second-order valence-corrected chi connectivity index (χ2v) is 9.53. The predicted molar refractivity (Wildman–Crippen MR) is 164 cm³/mol. The van der Waals surface area contributed by atoms with Crippen LogP contribution in [0.3, 0.4) is 0 Å². The Morgan fingerprint density at radius 2 is 0.842 bits per heavy atom. The zero-order valence-electron chi connectivity index (χ0n) is 22.2. The molecular weight excluding hydrogens is 512 g/mol. The van der Waals surface area contributed by atoms with Crippen LogP contribution in [0.25, 0.3) is 0 Å². The Hall–Kier alpha value is -3.62. The molecular formula is C30H34N4O2S2. The minimum absolute atomic E-state index is 0.225. The molecule has 0 spiro atoms. The first-order valence-corrected chi connectivity index (χ1v) is 13.7. The van der Waals surface area contributed by atoms with Crippen LogP contribution in [-0.2, 0) is 25.7 Å². The van der Waals surface area contributed by atoms with Crippen molar-refractivity contribution in [1.82, 2.24) is 10.6 Å². The van der Waals surface area contributed by atoms with Crippen molar-refractivity contribution >= 4 is 57.8 Å². The van der Waals surface area contributed by atoms with Crippen LogP contribution < -0.4 is 21.3 Å². The number of benzene rings is 3. The molecule has 6 nitrogen and oxygen atoms in total. The van der Waals surface area contributed by atoms with E-state index in [2.05, 4.69) is 49.0 Å². The minimum Gasteiger partial charge on any atom is -0.332 e. The fourth-order valence-corrected chi connectivity index (χ4v) is 4.61. The highest BCUT2D eigenvalue weighted by atomic mass is 32.1. The van der Waals surface area contributed by atoms with E-state index in [1.54, 1.807) is 24.3 Å². The van der Waals surface area contributed by atoms with Gasteiger partial charge in [0.2, 0.25) is 0 Å². The molecule has 0 saturated carbocycles. The molecule has 0 fully saturated rings. The van der Waals surface area contributed by atoms with Gasteiger partial charge in [-0.3, -0.25) is 20.2 Å². The predicted octanol–water partition coefficient (Wildman–Crippen LogP) is 6.19. The van der Waals surface area contributed by atoms with Gasteiger partial charge in [0.1, 0.15) is 0 Å². The lowest BCUT2D eigenvalue weighted by Crippen LogP contribution is -2.35. The Bertz CT molecular complexity index is 1190. The first-order valence-electron chi connectivity index (χ1n) is 12.9. The Labute approximate surface area is 235 Å². The van der Waals surface area contributed by atoms with Gasteiger partial charge in [-0.25, -0.2) is 0 Å². The molecule has 3 rings (SSSR count). The number of para-hydroxylation sites is 2. The summed E-state index contributed by atoms with van der Waals surface area (Å²) in [5.74, 6) is -0.719. The highest BCUT2D eigenvalue weighted by Gasteiger charge is 2.14. The molecule has 0 atom stereocenters. The second kappa shape index (κ2) is 13.8. The Morgan fingerprint density at radius 1 is 0.553 bits per heavy atom. The van der Waals surface area contributed by atoms with E-state index in [0.717, 1.165) is 59.3 Å². The Morgan fingerprint density at radius 3 is 1.11 bits per heavy atom. The Kier molecular flexibility index (Phi) is 10.5. The van der Waals surface area contributed by atoms with E-state index in [1.807, 2.05) is 36.4 Å². The summed E-state index contributed by atoms with van der Waals surface area (Å²) in [4.78, 5) is 25.5. The van der Waals surface area contributed by atoms with Crippen molar-refractivity contribution in [3.8, 4) is 0 Å². The number of nitrogens with one attached hydrogen (secondary N) is 4. The quantitative estimate of drug-likeness (QED) is 0.252. The van der Waals surface area contributed by atoms with Crippen LogP contribution in [0.1, 0.15) is 70.7 Å². The van der Waals surface area contributed by atoms with E-state index in [0.29, 0.717) is 11.1 Å². The van der Waals surface area contributed by atoms with Crippen molar-refractivity contribution < 1.29 is 9.59 Å². The summed E-state index contributed by atoms with van der Waals surface area (Å²) in [5, 5.41) is 12.3. The highest BCUT2D eigenvalue weighted by Crippen LogP contribution is 2.23. The van der Waals surface area contributed by atoms with Crippen molar-refractivity contribution in [3.05, 3.63) is 94.0 Å². The summed E-state index contributed by atoms with van der Waals surface area (Å²) in [6.45, 7) is 8.31. The molecule has 198 valence electrons. The maximum atomic E-state index is 12.8. The summed E-state index contributed by atoms with van der Waals surface area (Å²) in [6, 6.07) is 18.6. The van der Waals surface area contributed by atoms with Gasteiger partial charge in [0.25, 0.3) is 11.8 Å². The van der Waals surface area contributed by atoms with Crippen LogP contribution in [0.2, 0.25) is 0 Å². The third kappa shape index (κ3) is 7.24. The maximum absolute atomic E-state index is 12.8. The normalized spacial score (nSPS) is 10.4. The monoisotopic (exact) mass is 546 g/mol. The van der Waals surface area contributed by atoms with Crippen molar-refractivity contribution in [3.63, 3.8) is 0 Å². The molecule has 0 saturated heterocycles. The van der Waals surface area contributed by atoms with Gasteiger partial charge in [-0.2, -0.15) is 0 Å². The van der Waals surface area contributed by atoms with Crippen LogP contribution in [0.5, 0.6) is 0 Å². The van der Waals surface area contributed by atoms with Crippen LogP contribution in [0.15, 0.2) is 60.7 Å². The van der Waals surface area contributed by atoms with Crippen molar-refractivity contribution in [1.29, 1.82) is 0 Å². The van der Waals surface area contributed by atoms with Gasteiger partial charge in [-0.15, -0.1) is 0 Å². The number of aryl methyl sites for hydroxylation is 4. The summed E-state index contributed by atoms with van der Waals surface area (Å²) >= 11 is 10.8. The third-order valence-electron chi connectivity index (χ3n) is 6.34. The topological polar surface area (TPSA) is 82.3 Å². The van der Waals surface area contributed by atoms with Crippen molar-refractivity contribution in [2.24, 2.45) is 0 Å². The molecule has 0 aromatic heterocycles. The fourth-order valence-electron chi connectivity index (χ4n) is 4.22. The van der Waals surface area contributed by atoms with Gasteiger partial charge in [-0.05, 0) is 96.6 Å². The molecule has 0 unspecified atom stereocenters. The molecule has 38 heavy (non-hydrogen) atoms. The average Bonchev–Trinajstić information content (AvgIpc) is 2.93. The first-order chi connectivity index (χ1) is 18.3. The lowest BCUT2D eigenvalue weighted by molar-refractivity contribution is 0.0965. The molecule has 3 aromatic carbocycles. The third-order valence-corrected chi connectivity index (χ3v) is 6.75. The number of carbonyl (C=O) groups excluding carboxylic acids is 2. The standard InChI is InChI=1S/C30H34N4O2S2/c1-5-19-11-9-12-20(6-2)25(19)31-29(37)33-27(35)23-15-17-24(18-16-23)28(36)34-30(38)32-26-21(7-3)13-10-14-22(26)8-4/h9-18H,5-8H2,1-4H3,(H2,31,33,35,37)(H2,32,34,36,38). The van der Waals surface area contributed by atoms with E-state index < -0.39 is 0 Å². The van der Waals surface area contributed by atoms with Crippen LogP contribution in [0, 0.1) is 0 Å². The number of anilines is 2. The smallest absolute Gasteiger partial charge is 0.257 e. The number of carbonyl (C=O) groups is 2. The van der Waals surface area contributed by atoms with Crippen LogP contribution in [-0.4, -0.2) is 22.0 Å². The van der Waals surface area contributed by atoms with Gasteiger partial charge in [0, 0.05) is 22.5 Å². The summed E-state index contributed by atoms with van der Waals surface area (Å²) in [5.41, 5.74) is 7.17. The molecule has 3 aromatic rings. The molecule has 0 bridgehead atoms. The Balaban J connectivity index is 1.61. The van der Waals surface area contributed by atoms with Gasteiger partial charge >= 0.3 is 0 Å². The zero-order chi connectivity index (χ0) is 27.7. The molecule has 4 N–H and O–H groups in total. The number of hydrogen-bond acceptors (Lipinski definition) is 4. The fraction of sp³-hybridized carbons (Fsp3) is 0.267. The van der Waals surface area contributed by atoms with Gasteiger partial charge in [0.15, 0.2) is 10.2 Å². The zero-order valence-corrected chi connectivity index (χ0v) is 23.9. The first kappa shape index (κ1) is 28.9. The highest BCUT2D eigenvalue weighted by molar-refractivity contribution is 7.80. The van der Waals surface area contributed by atoms with Crippen LogP contribution in [0.4, 0.5) is 11.4 Å². The SMILES string of the molecule is CCc1cccc(CC)c1NC(=S)NC(=O)c1ccc(C(=O)NC(=S)Nc2c(CC)cccc2CC)cc1. The van der Waals surface area contributed by atoms with Crippen molar-refractivity contribution in [2.45, 2.75) is 53.4 Å². The van der Waals surface area contributed by atoms with E-state index in [-0.39, 0.29) is 22.0 Å². The second-order valence-electron chi connectivity index (χ2n) is 8.71. The van der Waals surface area contributed by atoms with Crippen molar-refractivity contribution in [2.75, 3.05) is 10.6 Å². The number of hydrogen-bond donors (Lipinski definition) is 4. The largest absolute Gasteiger partial charge is 0.332 e. The number of rotatable bonds is 8. The van der Waals surface area contributed by atoms with E-state index in [9.17, 15) is 9.59 Å². The molecule has 0 aliphatic carbocycles. The maximum Gasteiger partial charge on any atom is 0.257 e. The molecule has 8 heteroatoms. The van der Waals surface area contributed by atoms with Crippen LogP contribution >= 0.6 is 24.4 Å². The van der Waals surface area contributed by atoms with Gasteiger partial charge in [-0.1, -0.05) is 64.1 Å². The summed E-state index contributed by atoms with van der Waals surface area (Å²) in [7, 11) is 0. The number of thiocarbonyl (C=S) groups is 2. The summed E-state index contributed by atoms with van der Waals surface area (Å²) in [6.07, 6.45) is 3.39. The molecule has 0 aliphatic heterocycles. The number of amides is 2. The molecule has 0 radical (unpaired) electrons. The molecule has 0 heterocycles. The van der Waals surface area contributed by atoms with Gasteiger partial charge in [0.05, 0.1) is 0 Å². The lowest BCUT2D eigenvalue weighted by Gasteiger charge is -2.17. The van der Waals surface area contributed by atoms with E-state index in [1.165, 1.54) is 0 Å². The lowest BCUT2D eigenvalue weighted by atomic mass is 10.0. The molecule has 0 aliphatic rings. The molecule has 2 amide bonds. The van der Waals surface area contributed by atoms with E-state index in [4.69, 9.17) is 24.4 Å². The summed E-state index contributed by atoms with van der Waals surface area (Å²) < 4.78 is 0.